The van der Waals surface area contributed by atoms with E-state index in [2.05, 4.69) is 39.7 Å². The summed E-state index contributed by atoms with van der Waals surface area (Å²) in [5, 5.41) is 0. The van der Waals surface area contributed by atoms with Crippen molar-refractivity contribution in [3.8, 4) is 0 Å². The van der Waals surface area contributed by atoms with Gasteiger partial charge in [-0.25, -0.2) is 0 Å². The highest BCUT2D eigenvalue weighted by Gasteiger charge is 1.95. The fraction of sp³-hybridized carbons (Fsp3) is 0.375. The molecule has 0 bridgehead atoms. The summed E-state index contributed by atoms with van der Waals surface area (Å²) in [6, 6.07) is 4.13. The van der Waals surface area contributed by atoms with Crippen LogP contribution in [0.5, 0.6) is 0 Å². The van der Waals surface area contributed by atoms with Crippen molar-refractivity contribution >= 4 is 22.6 Å². The van der Waals surface area contributed by atoms with Gasteiger partial charge in [-0.3, -0.25) is 4.98 Å². The van der Waals surface area contributed by atoms with E-state index in [-0.39, 0.29) is 0 Å². The van der Waals surface area contributed by atoms with Gasteiger partial charge in [-0.05, 0) is 48.2 Å². The summed E-state index contributed by atoms with van der Waals surface area (Å²) in [6.07, 6.45) is 0.873. The number of aromatic nitrogens is 1. The lowest BCUT2D eigenvalue weighted by Crippen LogP contribution is -2.05. The molecule has 2 nitrogen and oxygen atoms in total. The van der Waals surface area contributed by atoms with Gasteiger partial charge in [0.15, 0.2) is 0 Å². The Morgan fingerprint density at radius 3 is 2.82 bits per heavy atom. The van der Waals surface area contributed by atoms with Gasteiger partial charge in [0.2, 0.25) is 0 Å². The molecule has 0 unspecified atom stereocenters. The fourth-order valence-electron chi connectivity index (χ4n) is 0.967. The molecule has 0 aromatic carbocycles. The molecular weight excluding hydrogens is 251 g/mol. The minimum absolute atomic E-state index is 0.673. The largest absolute Gasteiger partial charge is 0.330 e. The maximum absolute atomic E-state index is 5.42. The van der Waals surface area contributed by atoms with Gasteiger partial charge in [0.1, 0.15) is 0 Å². The second-order valence-corrected chi connectivity index (χ2v) is 3.70. The third-order valence-electron chi connectivity index (χ3n) is 1.37. The minimum Gasteiger partial charge on any atom is -0.330 e. The van der Waals surface area contributed by atoms with E-state index in [0.29, 0.717) is 6.54 Å². The lowest BCUT2D eigenvalue weighted by atomic mass is 10.2. The Morgan fingerprint density at radius 1 is 1.55 bits per heavy atom. The van der Waals surface area contributed by atoms with Crippen LogP contribution in [0, 0.1) is 10.5 Å². The highest BCUT2D eigenvalue weighted by molar-refractivity contribution is 14.1. The molecule has 0 radical (unpaired) electrons. The molecule has 1 heterocycles. The number of nitrogens with zero attached hydrogens (tertiary/aromatic N) is 1. The van der Waals surface area contributed by atoms with Crippen molar-refractivity contribution in [2.45, 2.75) is 13.3 Å². The van der Waals surface area contributed by atoms with Gasteiger partial charge in [0, 0.05) is 21.4 Å². The van der Waals surface area contributed by atoms with Gasteiger partial charge in [-0.1, -0.05) is 0 Å². The predicted octanol–water partition coefficient (Wildman–Crippen LogP) is 1.50. The van der Waals surface area contributed by atoms with E-state index < -0.39 is 0 Å². The Labute approximate surface area is 80.3 Å². The number of pyridine rings is 1. The van der Waals surface area contributed by atoms with E-state index >= 15 is 0 Å². The van der Waals surface area contributed by atoms with Crippen molar-refractivity contribution < 1.29 is 0 Å². The minimum atomic E-state index is 0.673. The number of aryl methyl sites for hydroxylation is 1. The summed E-state index contributed by atoms with van der Waals surface area (Å²) in [4.78, 5) is 4.34. The van der Waals surface area contributed by atoms with Crippen LogP contribution < -0.4 is 5.73 Å². The van der Waals surface area contributed by atoms with Gasteiger partial charge in [0.25, 0.3) is 0 Å². The molecule has 1 aromatic rings. The lowest BCUT2D eigenvalue weighted by Gasteiger charge is -2.00. The molecule has 0 saturated heterocycles. The molecule has 0 aliphatic carbocycles. The normalized spacial score (nSPS) is 10.1. The quantitative estimate of drug-likeness (QED) is 0.820. The molecule has 0 amide bonds. The van der Waals surface area contributed by atoms with Crippen LogP contribution in [-0.4, -0.2) is 11.5 Å². The van der Waals surface area contributed by atoms with Crippen molar-refractivity contribution in [1.82, 2.24) is 4.98 Å². The topological polar surface area (TPSA) is 38.9 Å². The van der Waals surface area contributed by atoms with Crippen molar-refractivity contribution in [3.05, 3.63) is 27.1 Å². The first-order chi connectivity index (χ1) is 5.22. The second-order valence-electron chi connectivity index (χ2n) is 2.46. The van der Waals surface area contributed by atoms with Crippen molar-refractivity contribution in [2.75, 3.05) is 6.54 Å². The SMILES string of the molecule is Cc1cc(I)cc(CCN)n1. The molecule has 2 N–H and O–H groups in total. The van der Waals surface area contributed by atoms with Crippen molar-refractivity contribution in [1.29, 1.82) is 0 Å². The molecule has 0 aliphatic rings. The van der Waals surface area contributed by atoms with Crippen LogP contribution in [0.25, 0.3) is 0 Å². The van der Waals surface area contributed by atoms with Gasteiger partial charge in [-0.2, -0.15) is 0 Å². The third kappa shape index (κ3) is 2.75. The monoisotopic (exact) mass is 262 g/mol. The third-order valence-corrected chi connectivity index (χ3v) is 1.99. The van der Waals surface area contributed by atoms with E-state index in [9.17, 15) is 0 Å². The molecule has 3 heteroatoms. The summed E-state index contributed by atoms with van der Waals surface area (Å²) in [6.45, 7) is 2.68. The first-order valence-electron chi connectivity index (χ1n) is 3.55. The molecule has 11 heavy (non-hydrogen) atoms. The zero-order valence-corrected chi connectivity index (χ0v) is 8.63. The smallest absolute Gasteiger partial charge is 0.0429 e. The summed E-state index contributed by atoms with van der Waals surface area (Å²) in [5.41, 5.74) is 7.58. The average Bonchev–Trinajstić information content (AvgIpc) is 1.85. The van der Waals surface area contributed by atoms with Crippen LogP contribution >= 0.6 is 22.6 Å². The Balaban J connectivity index is 2.89. The Morgan fingerprint density at radius 2 is 2.27 bits per heavy atom. The summed E-state index contributed by atoms with van der Waals surface area (Å²) >= 11 is 2.29. The number of nitrogens with two attached hydrogens (primary N) is 1. The Hall–Kier alpha value is -0.160. The number of hydrogen-bond donors (Lipinski definition) is 1. The van der Waals surface area contributed by atoms with Crippen LogP contribution in [0.4, 0.5) is 0 Å². The lowest BCUT2D eigenvalue weighted by molar-refractivity contribution is 0.910. The summed E-state index contributed by atoms with van der Waals surface area (Å²) in [7, 11) is 0. The number of halogens is 1. The van der Waals surface area contributed by atoms with Gasteiger partial charge in [-0.15, -0.1) is 0 Å². The van der Waals surface area contributed by atoms with Crippen molar-refractivity contribution in [3.63, 3.8) is 0 Å². The number of rotatable bonds is 2. The molecule has 1 aromatic heterocycles. The first kappa shape index (κ1) is 8.93. The molecule has 1 rings (SSSR count). The van der Waals surface area contributed by atoms with E-state index in [1.54, 1.807) is 0 Å². The molecule has 60 valence electrons. The molecule has 0 saturated carbocycles. The Bertz CT molecular complexity index is 228. The highest BCUT2D eigenvalue weighted by atomic mass is 127. The second kappa shape index (κ2) is 4.01. The molecule has 0 atom stereocenters. The van der Waals surface area contributed by atoms with E-state index in [1.807, 2.05) is 6.92 Å². The van der Waals surface area contributed by atoms with E-state index in [4.69, 9.17) is 5.73 Å². The first-order valence-corrected chi connectivity index (χ1v) is 4.63. The fourth-order valence-corrected chi connectivity index (χ4v) is 1.78. The zero-order chi connectivity index (χ0) is 8.27. The summed E-state index contributed by atoms with van der Waals surface area (Å²) in [5.74, 6) is 0. The van der Waals surface area contributed by atoms with E-state index in [1.165, 1.54) is 3.57 Å². The zero-order valence-electron chi connectivity index (χ0n) is 6.47. The molecule has 0 spiro atoms. The van der Waals surface area contributed by atoms with E-state index in [0.717, 1.165) is 17.8 Å². The molecule has 0 aliphatic heterocycles. The predicted molar refractivity (Wildman–Crippen MR) is 54.4 cm³/mol. The van der Waals surface area contributed by atoms with Crippen LogP contribution in [0.2, 0.25) is 0 Å². The van der Waals surface area contributed by atoms with Crippen LogP contribution in [0.15, 0.2) is 12.1 Å². The standard InChI is InChI=1S/C8H11IN2/c1-6-4-7(9)5-8(11-6)2-3-10/h4-5H,2-3,10H2,1H3. The van der Waals surface area contributed by atoms with Gasteiger partial charge >= 0.3 is 0 Å². The van der Waals surface area contributed by atoms with Crippen molar-refractivity contribution in [2.24, 2.45) is 5.73 Å². The maximum Gasteiger partial charge on any atom is 0.0429 e. The van der Waals surface area contributed by atoms with Crippen LogP contribution in [0.3, 0.4) is 0 Å². The molecule has 0 fully saturated rings. The molecular formula is C8H11IN2. The maximum atomic E-state index is 5.42. The van der Waals surface area contributed by atoms with Crippen LogP contribution in [0.1, 0.15) is 11.4 Å². The van der Waals surface area contributed by atoms with Gasteiger partial charge < -0.3 is 5.73 Å². The number of hydrogen-bond acceptors (Lipinski definition) is 2. The van der Waals surface area contributed by atoms with Gasteiger partial charge in [0.05, 0.1) is 0 Å². The van der Waals surface area contributed by atoms with Crippen LogP contribution in [-0.2, 0) is 6.42 Å². The highest BCUT2D eigenvalue weighted by Crippen LogP contribution is 2.08. The summed E-state index contributed by atoms with van der Waals surface area (Å²) < 4.78 is 1.23. The Kier molecular flexibility index (Phi) is 3.26. The average molecular weight is 262 g/mol.